The van der Waals surface area contributed by atoms with Crippen molar-refractivity contribution < 1.29 is 4.52 Å². The maximum absolute atomic E-state index is 5.53. The van der Waals surface area contributed by atoms with Gasteiger partial charge in [-0.3, -0.25) is 0 Å². The van der Waals surface area contributed by atoms with Crippen molar-refractivity contribution in [2.75, 3.05) is 0 Å². The molecule has 0 unspecified atom stereocenters. The summed E-state index contributed by atoms with van der Waals surface area (Å²) >= 11 is 5.53. The molecule has 0 atom stereocenters. The molecule has 1 heterocycles. The van der Waals surface area contributed by atoms with Gasteiger partial charge in [0.15, 0.2) is 0 Å². The Morgan fingerprint density at radius 3 is 2.23 bits per heavy atom. The number of benzene rings is 1. The predicted molar refractivity (Wildman–Crippen MR) is 52.5 cm³/mol. The van der Waals surface area contributed by atoms with Gasteiger partial charge in [0.25, 0.3) is 0 Å². The van der Waals surface area contributed by atoms with Gasteiger partial charge in [-0.05, 0) is 11.6 Å². The van der Waals surface area contributed by atoms with Crippen LogP contribution in [0.25, 0.3) is 0 Å². The van der Waals surface area contributed by atoms with Gasteiger partial charge in [0.2, 0.25) is 0 Å². The van der Waals surface area contributed by atoms with Crippen molar-refractivity contribution in [1.82, 2.24) is 5.16 Å². The molecule has 3 heteroatoms. The molecule has 0 radical (unpaired) electrons. The number of aromatic nitrogens is 1. The van der Waals surface area contributed by atoms with Crippen LogP contribution in [0.2, 0.25) is 0 Å². The molecule has 0 saturated carbocycles. The number of hydrogen-bond donors (Lipinski definition) is 0. The third kappa shape index (κ3) is 4.33. The third-order valence-electron chi connectivity index (χ3n) is 1.34. The molecule has 0 fully saturated rings. The highest BCUT2D eigenvalue weighted by atomic mass is 35.5. The van der Waals surface area contributed by atoms with Crippen molar-refractivity contribution in [2.24, 2.45) is 0 Å². The Kier molecular flexibility index (Phi) is 4.72. The summed E-state index contributed by atoms with van der Waals surface area (Å²) in [6.07, 6.45) is 3.10. The summed E-state index contributed by atoms with van der Waals surface area (Å²) in [5.74, 6) is 0.612. The average Bonchev–Trinajstić information content (AvgIpc) is 2.77. The third-order valence-corrected chi connectivity index (χ3v) is 1.65. The Bertz CT molecular complexity index is 277. The summed E-state index contributed by atoms with van der Waals surface area (Å²) in [5.41, 5.74) is 1.18. The van der Waals surface area contributed by atoms with Crippen LogP contribution < -0.4 is 0 Å². The molecular weight excluding hydrogens is 186 g/mol. The van der Waals surface area contributed by atoms with Crippen molar-refractivity contribution in [3.8, 4) is 0 Å². The van der Waals surface area contributed by atoms with Crippen LogP contribution in [0, 0.1) is 0 Å². The number of hydrogen-bond acceptors (Lipinski definition) is 2. The summed E-state index contributed by atoms with van der Waals surface area (Å²) < 4.78 is 4.33. The Morgan fingerprint density at radius 1 is 1.15 bits per heavy atom. The van der Waals surface area contributed by atoms with Gasteiger partial charge in [-0.25, -0.2) is 0 Å². The summed E-state index contributed by atoms with van der Waals surface area (Å²) in [7, 11) is 0. The van der Waals surface area contributed by atoms with Gasteiger partial charge in [0, 0.05) is 5.88 Å². The normalized spacial score (nSPS) is 8.69. The summed E-state index contributed by atoms with van der Waals surface area (Å²) in [6.45, 7) is 0. The second-order valence-electron chi connectivity index (χ2n) is 2.31. The highest BCUT2D eigenvalue weighted by molar-refractivity contribution is 6.17. The first-order valence-electron chi connectivity index (χ1n) is 3.87. The molecular formula is C10H10ClNO. The zero-order chi connectivity index (χ0) is 9.36. The molecule has 0 aliphatic carbocycles. The van der Waals surface area contributed by atoms with Gasteiger partial charge < -0.3 is 4.52 Å². The molecule has 0 saturated heterocycles. The Balaban J connectivity index is 0.000000145. The molecule has 0 bridgehead atoms. The van der Waals surface area contributed by atoms with Gasteiger partial charge in [-0.15, -0.1) is 11.6 Å². The fourth-order valence-corrected chi connectivity index (χ4v) is 0.921. The molecule has 0 aliphatic rings. The number of nitrogens with zero attached hydrogens (tertiary/aromatic N) is 1. The quantitative estimate of drug-likeness (QED) is 0.654. The monoisotopic (exact) mass is 195 g/mol. The first-order valence-corrected chi connectivity index (χ1v) is 4.41. The van der Waals surface area contributed by atoms with Crippen molar-refractivity contribution in [2.45, 2.75) is 5.88 Å². The topological polar surface area (TPSA) is 26.0 Å². The zero-order valence-corrected chi connectivity index (χ0v) is 7.82. The van der Waals surface area contributed by atoms with E-state index in [9.17, 15) is 0 Å². The lowest BCUT2D eigenvalue weighted by Gasteiger charge is -1.88. The fourth-order valence-electron chi connectivity index (χ4n) is 0.743. The Hall–Kier alpha value is -1.28. The zero-order valence-electron chi connectivity index (χ0n) is 7.06. The lowest BCUT2D eigenvalue weighted by Crippen LogP contribution is -1.71. The van der Waals surface area contributed by atoms with Crippen LogP contribution in [0.5, 0.6) is 0 Å². The van der Waals surface area contributed by atoms with E-state index < -0.39 is 0 Å². The molecule has 0 spiro atoms. The molecule has 2 rings (SSSR count). The minimum atomic E-state index is 0.612. The minimum Gasteiger partial charge on any atom is -0.365 e. The van der Waals surface area contributed by atoms with E-state index >= 15 is 0 Å². The van der Waals surface area contributed by atoms with Crippen LogP contribution in [-0.2, 0) is 5.88 Å². The van der Waals surface area contributed by atoms with Crippen LogP contribution in [0.4, 0.5) is 0 Å². The fraction of sp³-hybridized carbons (Fsp3) is 0.100. The molecule has 1 aromatic heterocycles. The molecule has 0 N–H and O–H groups in total. The molecule has 2 nitrogen and oxygen atoms in total. The summed E-state index contributed by atoms with van der Waals surface area (Å²) in [6, 6.07) is 11.7. The van der Waals surface area contributed by atoms with Crippen molar-refractivity contribution in [1.29, 1.82) is 0 Å². The highest BCUT2D eigenvalue weighted by Gasteiger charge is 1.81. The van der Waals surface area contributed by atoms with E-state index in [4.69, 9.17) is 11.6 Å². The second kappa shape index (κ2) is 6.26. The number of alkyl halides is 1. The van der Waals surface area contributed by atoms with Gasteiger partial charge in [0.05, 0.1) is 6.20 Å². The van der Waals surface area contributed by atoms with Gasteiger partial charge >= 0.3 is 0 Å². The van der Waals surface area contributed by atoms with Crippen LogP contribution in [0.3, 0.4) is 0 Å². The van der Waals surface area contributed by atoms with Gasteiger partial charge in [-0.1, -0.05) is 35.5 Å². The SMILES string of the molecule is ClCc1ccccc1.c1cnoc1. The maximum atomic E-state index is 5.53. The Morgan fingerprint density at radius 2 is 1.92 bits per heavy atom. The largest absolute Gasteiger partial charge is 0.365 e. The van der Waals surface area contributed by atoms with Gasteiger partial charge in [-0.2, -0.15) is 0 Å². The molecule has 2 aromatic rings. The van der Waals surface area contributed by atoms with Crippen molar-refractivity contribution in [3.63, 3.8) is 0 Å². The molecule has 1 aromatic carbocycles. The predicted octanol–water partition coefficient (Wildman–Crippen LogP) is 3.10. The van der Waals surface area contributed by atoms with E-state index in [-0.39, 0.29) is 0 Å². The molecule has 13 heavy (non-hydrogen) atoms. The molecule has 68 valence electrons. The van der Waals surface area contributed by atoms with E-state index in [1.165, 1.54) is 11.8 Å². The minimum absolute atomic E-state index is 0.612. The summed E-state index contributed by atoms with van der Waals surface area (Å²) in [4.78, 5) is 0. The van der Waals surface area contributed by atoms with Crippen LogP contribution >= 0.6 is 11.6 Å². The van der Waals surface area contributed by atoms with E-state index in [0.717, 1.165) is 0 Å². The lowest BCUT2D eigenvalue weighted by molar-refractivity contribution is 0.420. The van der Waals surface area contributed by atoms with E-state index in [1.807, 2.05) is 30.3 Å². The van der Waals surface area contributed by atoms with Crippen molar-refractivity contribution >= 4 is 11.6 Å². The van der Waals surface area contributed by atoms with Gasteiger partial charge in [0.1, 0.15) is 6.26 Å². The number of halogens is 1. The first kappa shape index (κ1) is 9.81. The lowest BCUT2D eigenvalue weighted by atomic mass is 10.2. The maximum Gasteiger partial charge on any atom is 0.123 e. The molecule has 0 amide bonds. The van der Waals surface area contributed by atoms with E-state index in [0.29, 0.717) is 5.88 Å². The van der Waals surface area contributed by atoms with Crippen LogP contribution in [-0.4, -0.2) is 5.16 Å². The molecule has 0 aliphatic heterocycles. The van der Waals surface area contributed by atoms with E-state index in [2.05, 4.69) is 9.68 Å². The smallest absolute Gasteiger partial charge is 0.123 e. The van der Waals surface area contributed by atoms with E-state index in [1.54, 1.807) is 12.3 Å². The summed E-state index contributed by atoms with van der Waals surface area (Å²) in [5, 5.41) is 3.35. The Labute approximate surface area is 82.1 Å². The van der Waals surface area contributed by atoms with Crippen LogP contribution in [0.1, 0.15) is 5.56 Å². The highest BCUT2D eigenvalue weighted by Crippen LogP contribution is 2.00. The first-order chi connectivity index (χ1) is 6.43. The van der Waals surface area contributed by atoms with Crippen LogP contribution in [0.15, 0.2) is 53.4 Å². The van der Waals surface area contributed by atoms with Crippen molar-refractivity contribution in [3.05, 3.63) is 54.4 Å². The average molecular weight is 196 g/mol. The number of rotatable bonds is 1. The standard InChI is InChI=1S/C7H7Cl.C3H3NO/c8-6-7-4-2-1-3-5-7;1-2-4-5-3-1/h1-5H,6H2;1-3H. The second-order valence-corrected chi connectivity index (χ2v) is 2.57.